The first-order chi connectivity index (χ1) is 11.8. The van der Waals surface area contributed by atoms with Gasteiger partial charge >= 0.3 is 0 Å². The molecule has 118 valence electrons. The molecule has 0 aliphatic carbocycles. The number of hydrogen-bond acceptors (Lipinski definition) is 3. The molecule has 24 heavy (non-hydrogen) atoms. The van der Waals surface area contributed by atoms with Crippen LogP contribution >= 0.6 is 0 Å². The lowest BCUT2D eigenvalue weighted by Gasteiger charge is -2.13. The van der Waals surface area contributed by atoms with E-state index in [1.54, 1.807) is 0 Å². The van der Waals surface area contributed by atoms with Crippen molar-refractivity contribution in [2.45, 2.75) is 19.8 Å². The summed E-state index contributed by atoms with van der Waals surface area (Å²) >= 11 is 0. The third kappa shape index (κ3) is 2.10. The van der Waals surface area contributed by atoms with E-state index in [1.165, 1.54) is 0 Å². The predicted octanol–water partition coefficient (Wildman–Crippen LogP) is 4.69. The standard InChI is InChI=1S/C20H17N3O/c1-2-3-12-24-19-14-8-4-6-10-17(14)23-18-11-7-5-9-16(18)22-20(23)15(19)13-21/h4-11H,2-3,12H2,1H3. The Morgan fingerprint density at radius 1 is 1.08 bits per heavy atom. The molecular weight excluding hydrogens is 298 g/mol. The summed E-state index contributed by atoms with van der Waals surface area (Å²) in [6, 6.07) is 18.3. The maximum Gasteiger partial charge on any atom is 0.160 e. The molecule has 0 saturated heterocycles. The average molecular weight is 315 g/mol. The van der Waals surface area contributed by atoms with Gasteiger partial charge in [-0.25, -0.2) is 4.98 Å². The van der Waals surface area contributed by atoms with Crippen molar-refractivity contribution in [2.24, 2.45) is 0 Å². The van der Waals surface area contributed by atoms with Crippen LogP contribution in [-0.2, 0) is 0 Å². The van der Waals surface area contributed by atoms with Gasteiger partial charge in [-0.05, 0) is 30.7 Å². The van der Waals surface area contributed by atoms with Crippen molar-refractivity contribution in [3.05, 3.63) is 54.1 Å². The molecule has 0 N–H and O–H groups in total. The first-order valence-electron chi connectivity index (χ1n) is 8.20. The number of ether oxygens (including phenoxy) is 1. The average Bonchev–Trinajstić information content (AvgIpc) is 3.01. The molecule has 0 bridgehead atoms. The van der Waals surface area contributed by atoms with Crippen LogP contribution in [0, 0.1) is 11.3 Å². The van der Waals surface area contributed by atoms with Crippen LogP contribution in [0.3, 0.4) is 0 Å². The molecule has 4 heteroatoms. The third-order valence-electron chi connectivity index (χ3n) is 4.26. The van der Waals surface area contributed by atoms with Crippen LogP contribution in [0.1, 0.15) is 25.3 Å². The lowest BCUT2D eigenvalue weighted by molar-refractivity contribution is 0.312. The molecule has 0 amide bonds. The Kier molecular flexibility index (Phi) is 3.55. The van der Waals surface area contributed by atoms with Crippen molar-refractivity contribution in [3.63, 3.8) is 0 Å². The number of aromatic nitrogens is 2. The second-order valence-corrected chi connectivity index (χ2v) is 5.79. The molecule has 2 aromatic heterocycles. The number of nitriles is 1. The first kappa shape index (κ1) is 14.5. The largest absolute Gasteiger partial charge is 0.491 e. The van der Waals surface area contributed by atoms with E-state index in [-0.39, 0.29) is 0 Å². The second-order valence-electron chi connectivity index (χ2n) is 5.79. The monoisotopic (exact) mass is 315 g/mol. The van der Waals surface area contributed by atoms with Gasteiger partial charge in [0, 0.05) is 5.39 Å². The molecule has 2 heterocycles. The lowest BCUT2D eigenvalue weighted by Crippen LogP contribution is -2.02. The van der Waals surface area contributed by atoms with E-state index in [2.05, 4.69) is 22.4 Å². The Morgan fingerprint density at radius 3 is 2.62 bits per heavy atom. The maximum atomic E-state index is 9.77. The molecule has 0 atom stereocenters. The smallest absolute Gasteiger partial charge is 0.160 e. The van der Waals surface area contributed by atoms with Gasteiger partial charge in [0.25, 0.3) is 0 Å². The van der Waals surface area contributed by atoms with Crippen molar-refractivity contribution in [1.29, 1.82) is 5.26 Å². The summed E-state index contributed by atoms with van der Waals surface area (Å²) in [5.41, 5.74) is 4.04. The molecule has 4 rings (SSSR count). The molecule has 0 radical (unpaired) electrons. The van der Waals surface area contributed by atoms with Gasteiger partial charge in [0.15, 0.2) is 5.65 Å². The van der Waals surface area contributed by atoms with E-state index < -0.39 is 0 Å². The van der Waals surface area contributed by atoms with Crippen molar-refractivity contribution >= 4 is 27.6 Å². The minimum atomic E-state index is 0.501. The Bertz CT molecular complexity index is 1090. The van der Waals surface area contributed by atoms with Crippen LogP contribution in [0.4, 0.5) is 0 Å². The normalized spacial score (nSPS) is 11.2. The van der Waals surface area contributed by atoms with Gasteiger partial charge in [0.1, 0.15) is 17.4 Å². The maximum absolute atomic E-state index is 9.77. The zero-order valence-electron chi connectivity index (χ0n) is 13.5. The molecule has 4 nitrogen and oxygen atoms in total. The summed E-state index contributed by atoms with van der Waals surface area (Å²) in [4.78, 5) is 4.69. The summed E-state index contributed by atoms with van der Waals surface area (Å²) < 4.78 is 8.06. The van der Waals surface area contributed by atoms with Crippen molar-refractivity contribution in [2.75, 3.05) is 6.61 Å². The number of pyridine rings is 1. The van der Waals surface area contributed by atoms with Crippen molar-refractivity contribution < 1.29 is 4.74 Å². The highest BCUT2D eigenvalue weighted by atomic mass is 16.5. The summed E-state index contributed by atoms with van der Waals surface area (Å²) in [5.74, 6) is 0.643. The molecule has 2 aromatic carbocycles. The van der Waals surface area contributed by atoms with Crippen LogP contribution in [0.5, 0.6) is 5.75 Å². The number of rotatable bonds is 4. The Labute approximate surface area is 139 Å². The molecule has 0 spiro atoms. The fourth-order valence-electron chi connectivity index (χ4n) is 3.10. The van der Waals surface area contributed by atoms with E-state index in [0.717, 1.165) is 34.8 Å². The SMILES string of the molecule is CCCCOc1c(C#N)c2nc3ccccc3n2c2ccccc12. The molecule has 0 unspecified atom stereocenters. The number of unbranched alkanes of at least 4 members (excludes halogenated alkanes) is 1. The zero-order chi connectivity index (χ0) is 16.5. The van der Waals surface area contributed by atoms with Crippen LogP contribution in [0.2, 0.25) is 0 Å². The van der Waals surface area contributed by atoms with Gasteiger partial charge in [0.05, 0.1) is 23.2 Å². The number of imidazole rings is 1. The summed E-state index contributed by atoms with van der Waals surface area (Å²) in [5, 5.41) is 10.7. The number of fused-ring (bicyclic) bond motifs is 5. The van der Waals surface area contributed by atoms with E-state index >= 15 is 0 Å². The summed E-state index contributed by atoms with van der Waals surface area (Å²) in [6.07, 6.45) is 2.01. The number of para-hydroxylation sites is 3. The highest BCUT2D eigenvalue weighted by molar-refractivity contribution is 5.97. The van der Waals surface area contributed by atoms with Crippen molar-refractivity contribution in [1.82, 2.24) is 9.38 Å². The minimum absolute atomic E-state index is 0.501. The number of hydrogen-bond donors (Lipinski definition) is 0. The summed E-state index contributed by atoms with van der Waals surface area (Å²) in [6.45, 7) is 2.72. The van der Waals surface area contributed by atoms with Crippen LogP contribution in [-0.4, -0.2) is 16.0 Å². The number of nitrogens with zero attached hydrogens (tertiary/aromatic N) is 3. The molecule has 0 saturated carbocycles. The predicted molar refractivity (Wildman–Crippen MR) is 95.3 cm³/mol. The van der Waals surface area contributed by atoms with E-state index in [0.29, 0.717) is 23.6 Å². The molecule has 0 aliphatic rings. The zero-order valence-corrected chi connectivity index (χ0v) is 13.5. The van der Waals surface area contributed by atoms with Gasteiger partial charge < -0.3 is 4.74 Å². The second kappa shape index (κ2) is 5.86. The fraction of sp³-hybridized carbons (Fsp3) is 0.200. The summed E-state index contributed by atoms with van der Waals surface area (Å²) in [7, 11) is 0. The Morgan fingerprint density at radius 2 is 1.83 bits per heavy atom. The minimum Gasteiger partial charge on any atom is -0.491 e. The molecule has 0 fully saturated rings. The quantitative estimate of drug-likeness (QED) is 0.513. The van der Waals surface area contributed by atoms with Crippen LogP contribution in [0.15, 0.2) is 48.5 Å². The Hall–Kier alpha value is -3.06. The van der Waals surface area contributed by atoms with Gasteiger partial charge in [-0.15, -0.1) is 0 Å². The molecule has 0 aliphatic heterocycles. The highest BCUT2D eigenvalue weighted by Gasteiger charge is 2.19. The molecular formula is C20H17N3O. The van der Waals surface area contributed by atoms with Gasteiger partial charge in [0.2, 0.25) is 0 Å². The first-order valence-corrected chi connectivity index (χ1v) is 8.20. The topological polar surface area (TPSA) is 50.3 Å². The van der Waals surface area contributed by atoms with Gasteiger partial charge in [-0.1, -0.05) is 37.6 Å². The van der Waals surface area contributed by atoms with Crippen molar-refractivity contribution in [3.8, 4) is 11.8 Å². The fourth-order valence-corrected chi connectivity index (χ4v) is 3.10. The lowest BCUT2D eigenvalue weighted by atomic mass is 10.1. The van der Waals surface area contributed by atoms with Gasteiger partial charge in [-0.3, -0.25) is 4.40 Å². The van der Waals surface area contributed by atoms with E-state index in [4.69, 9.17) is 4.74 Å². The third-order valence-corrected chi connectivity index (χ3v) is 4.26. The van der Waals surface area contributed by atoms with E-state index in [1.807, 2.05) is 48.5 Å². The van der Waals surface area contributed by atoms with E-state index in [9.17, 15) is 5.26 Å². The van der Waals surface area contributed by atoms with Gasteiger partial charge in [-0.2, -0.15) is 5.26 Å². The Balaban J connectivity index is 2.14. The molecule has 4 aromatic rings. The van der Waals surface area contributed by atoms with Crippen LogP contribution < -0.4 is 4.74 Å². The highest BCUT2D eigenvalue weighted by Crippen LogP contribution is 2.35. The number of benzene rings is 2. The van der Waals surface area contributed by atoms with Crippen LogP contribution in [0.25, 0.3) is 27.6 Å².